The third kappa shape index (κ3) is 3.18. The molecule has 108 valence electrons. The first-order chi connectivity index (χ1) is 9.06. The fourth-order valence-electron chi connectivity index (χ4n) is 2.88. The van der Waals surface area contributed by atoms with E-state index in [0.29, 0.717) is 19.6 Å². The van der Waals surface area contributed by atoms with Crippen LogP contribution in [0.15, 0.2) is 0 Å². The molecule has 1 saturated carbocycles. The molecule has 2 N–H and O–H groups in total. The molecule has 19 heavy (non-hydrogen) atoms. The number of rotatable bonds is 5. The van der Waals surface area contributed by atoms with E-state index in [2.05, 4.69) is 5.32 Å². The number of carbonyl (C=O) groups excluding carboxylic acids is 2. The Hall–Kier alpha value is -1.30. The van der Waals surface area contributed by atoms with Gasteiger partial charge in [0.15, 0.2) is 0 Å². The second-order valence-corrected chi connectivity index (χ2v) is 5.77. The van der Waals surface area contributed by atoms with E-state index in [1.807, 2.05) is 0 Å². The summed E-state index contributed by atoms with van der Waals surface area (Å²) in [6, 6.07) is -0.0899. The Labute approximate surface area is 113 Å². The summed E-state index contributed by atoms with van der Waals surface area (Å²) in [5.41, 5.74) is -0.137. The lowest BCUT2D eigenvalue weighted by molar-refractivity contribution is -0.122. The van der Waals surface area contributed by atoms with Crippen molar-refractivity contribution in [3.05, 3.63) is 0 Å². The Balaban J connectivity index is 1.77. The van der Waals surface area contributed by atoms with Gasteiger partial charge in [-0.2, -0.15) is 0 Å². The SMILES string of the molecule is CN1CCN(CC(=O)NCC2(CO)CCCC2)C1=O. The van der Waals surface area contributed by atoms with E-state index in [9.17, 15) is 14.7 Å². The van der Waals surface area contributed by atoms with Crippen LogP contribution in [-0.2, 0) is 4.79 Å². The molecular weight excluding hydrogens is 246 g/mol. The zero-order chi connectivity index (χ0) is 13.9. The first-order valence-electron chi connectivity index (χ1n) is 6.94. The van der Waals surface area contributed by atoms with Crippen LogP contribution in [0.1, 0.15) is 25.7 Å². The van der Waals surface area contributed by atoms with Gasteiger partial charge in [0, 0.05) is 32.1 Å². The number of urea groups is 1. The molecule has 6 nitrogen and oxygen atoms in total. The lowest BCUT2D eigenvalue weighted by Crippen LogP contribution is -2.44. The van der Waals surface area contributed by atoms with Crippen LogP contribution in [0.5, 0.6) is 0 Å². The average Bonchev–Trinajstić information content (AvgIpc) is 2.99. The lowest BCUT2D eigenvalue weighted by atomic mass is 9.87. The molecule has 1 aliphatic heterocycles. The van der Waals surface area contributed by atoms with Crippen LogP contribution in [0.4, 0.5) is 4.79 Å². The number of nitrogens with zero attached hydrogens (tertiary/aromatic N) is 2. The van der Waals surface area contributed by atoms with E-state index < -0.39 is 0 Å². The molecule has 2 fully saturated rings. The van der Waals surface area contributed by atoms with Crippen LogP contribution >= 0.6 is 0 Å². The summed E-state index contributed by atoms with van der Waals surface area (Å²) < 4.78 is 0. The minimum Gasteiger partial charge on any atom is -0.396 e. The van der Waals surface area contributed by atoms with Gasteiger partial charge in [0.1, 0.15) is 6.54 Å². The molecule has 0 radical (unpaired) electrons. The molecule has 0 bridgehead atoms. The number of carbonyl (C=O) groups is 2. The number of nitrogens with one attached hydrogen (secondary N) is 1. The summed E-state index contributed by atoms with van der Waals surface area (Å²) in [5, 5.41) is 12.3. The average molecular weight is 269 g/mol. The summed E-state index contributed by atoms with van der Waals surface area (Å²) in [7, 11) is 1.74. The highest BCUT2D eigenvalue weighted by atomic mass is 16.3. The Morgan fingerprint density at radius 3 is 2.58 bits per heavy atom. The maximum Gasteiger partial charge on any atom is 0.320 e. The summed E-state index contributed by atoms with van der Waals surface area (Å²) in [4.78, 5) is 26.7. The largest absolute Gasteiger partial charge is 0.396 e. The summed E-state index contributed by atoms with van der Waals surface area (Å²) in [6.45, 7) is 2.03. The molecule has 0 aromatic heterocycles. The highest BCUT2D eigenvalue weighted by Crippen LogP contribution is 2.36. The minimum atomic E-state index is -0.137. The van der Waals surface area contributed by atoms with E-state index in [1.165, 1.54) is 0 Å². The van der Waals surface area contributed by atoms with Gasteiger partial charge in [0.2, 0.25) is 5.91 Å². The monoisotopic (exact) mass is 269 g/mol. The lowest BCUT2D eigenvalue weighted by Gasteiger charge is -2.27. The van der Waals surface area contributed by atoms with E-state index in [4.69, 9.17) is 0 Å². The van der Waals surface area contributed by atoms with Crippen LogP contribution in [0.25, 0.3) is 0 Å². The standard InChI is InChI=1S/C13H23N3O3/c1-15-6-7-16(12(15)19)8-11(18)14-9-13(10-17)4-2-3-5-13/h17H,2-10H2,1H3,(H,14,18). The summed E-state index contributed by atoms with van der Waals surface area (Å²) in [5.74, 6) is -0.136. The fraction of sp³-hybridized carbons (Fsp3) is 0.846. The zero-order valence-corrected chi connectivity index (χ0v) is 11.5. The number of hydrogen-bond donors (Lipinski definition) is 2. The molecule has 1 saturated heterocycles. The van der Waals surface area contributed by atoms with Crippen molar-refractivity contribution in [2.75, 3.05) is 39.8 Å². The molecule has 2 rings (SSSR count). The van der Waals surface area contributed by atoms with Gasteiger partial charge in [0.05, 0.1) is 6.61 Å². The van der Waals surface area contributed by atoms with E-state index in [-0.39, 0.29) is 30.5 Å². The summed E-state index contributed by atoms with van der Waals surface area (Å²) in [6.07, 6.45) is 4.17. The Morgan fingerprint density at radius 1 is 1.37 bits per heavy atom. The molecule has 0 atom stereocenters. The number of aliphatic hydroxyl groups excluding tert-OH is 1. The van der Waals surface area contributed by atoms with Crippen LogP contribution in [0, 0.1) is 5.41 Å². The normalized spacial score (nSPS) is 22.1. The second kappa shape index (κ2) is 5.77. The highest BCUT2D eigenvalue weighted by Gasteiger charge is 2.34. The van der Waals surface area contributed by atoms with Gasteiger partial charge in [-0.15, -0.1) is 0 Å². The van der Waals surface area contributed by atoms with E-state index >= 15 is 0 Å². The van der Waals surface area contributed by atoms with Gasteiger partial charge in [-0.3, -0.25) is 4.79 Å². The third-order valence-corrected chi connectivity index (χ3v) is 4.30. The fourth-order valence-corrected chi connectivity index (χ4v) is 2.88. The summed E-state index contributed by atoms with van der Waals surface area (Å²) >= 11 is 0. The van der Waals surface area contributed by atoms with Crippen molar-refractivity contribution in [2.45, 2.75) is 25.7 Å². The van der Waals surface area contributed by atoms with Gasteiger partial charge >= 0.3 is 6.03 Å². The Morgan fingerprint density at radius 2 is 2.05 bits per heavy atom. The van der Waals surface area contributed by atoms with Gasteiger partial charge in [-0.25, -0.2) is 4.79 Å². The predicted molar refractivity (Wildman–Crippen MR) is 70.6 cm³/mol. The number of likely N-dealkylation sites (N-methyl/N-ethyl adjacent to an activating group) is 1. The number of aliphatic hydroxyl groups is 1. The molecular formula is C13H23N3O3. The van der Waals surface area contributed by atoms with Crippen LogP contribution in [0.3, 0.4) is 0 Å². The van der Waals surface area contributed by atoms with Crippen molar-refractivity contribution in [1.82, 2.24) is 15.1 Å². The van der Waals surface area contributed by atoms with Gasteiger partial charge in [-0.05, 0) is 12.8 Å². The topological polar surface area (TPSA) is 72.9 Å². The van der Waals surface area contributed by atoms with Crippen molar-refractivity contribution >= 4 is 11.9 Å². The molecule has 1 aliphatic carbocycles. The predicted octanol–water partition coefficient (Wildman–Crippen LogP) is 0.0227. The number of hydrogen-bond acceptors (Lipinski definition) is 3. The molecule has 0 aromatic rings. The second-order valence-electron chi connectivity index (χ2n) is 5.77. The van der Waals surface area contributed by atoms with Crippen molar-refractivity contribution in [2.24, 2.45) is 5.41 Å². The number of amides is 3. The van der Waals surface area contributed by atoms with Crippen LogP contribution in [0.2, 0.25) is 0 Å². The Kier molecular flexibility index (Phi) is 4.29. The maximum atomic E-state index is 11.9. The van der Waals surface area contributed by atoms with Crippen molar-refractivity contribution in [3.8, 4) is 0 Å². The zero-order valence-electron chi connectivity index (χ0n) is 11.5. The van der Waals surface area contributed by atoms with Crippen molar-refractivity contribution in [1.29, 1.82) is 0 Å². The van der Waals surface area contributed by atoms with Crippen LogP contribution < -0.4 is 5.32 Å². The van der Waals surface area contributed by atoms with Crippen LogP contribution in [-0.4, -0.2) is 66.7 Å². The first kappa shape index (κ1) is 14.1. The van der Waals surface area contributed by atoms with Crippen molar-refractivity contribution in [3.63, 3.8) is 0 Å². The van der Waals surface area contributed by atoms with Gasteiger partial charge in [-0.1, -0.05) is 12.8 Å². The van der Waals surface area contributed by atoms with Gasteiger partial charge < -0.3 is 20.2 Å². The van der Waals surface area contributed by atoms with E-state index in [0.717, 1.165) is 25.7 Å². The molecule has 0 spiro atoms. The third-order valence-electron chi connectivity index (χ3n) is 4.30. The highest BCUT2D eigenvalue weighted by molar-refractivity contribution is 5.84. The smallest absolute Gasteiger partial charge is 0.320 e. The minimum absolute atomic E-state index is 0.0899. The van der Waals surface area contributed by atoms with Gasteiger partial charge in [0.25, 0.3) is 0 Å². The molecule has 0 unspecified atom stereocenters. The first-order valence-corrected chi connectivity index (χ1v) is 6.94. The molecule has 3 amide bonds. The quantitative estimate of drug-likeness (QED) is 0.739. The molecule has 1 heterocycles. The molecule has 2 aliphatic rings. The van der Waals surface area contributed by atoms with Crippen molar-refractivity contribution < 1.29 is 14.7 Å². The maximum absolute atomic E-state index is 11.9. The Bertz CT molecular complexity index is 353. The molecule has 6 heteroatoms. The molecule has 0 aromatic carbocycles. The van der Waals surface area contributed by atoms with E-state index in [1.54, 1.807) is 16.8 Å².